The highest BCUT2D eigenvalue weighted by molar-refractivity contribution is 8.00. The molecule has 4 heterocycles. The average Bonchev–Trinajstić information content (AvgIpc) is 3.44. The fraction of sp³-hybridized carbons (Fsp3) is 0.417. The van der Waals surface area contributed by atoms with E-state index in [1.807, 2.05) is 30.3 Å². The number of thioether (sulfide) groups is 2. The first-order chi connectivity index (χ1) is 23.7. The van der Waals surface area contributed by atoms with Crippen molar-refractivity contribution in [2.45, 2.75) is 62.3 Å². The monoisotopic (exact) mass is 721 g/mol. The minimum absolute atomic E-state index is 0.0255. The summed E-state index contributed by atoms with van der Waals surface area (Å²) < 4.78 is 22.0. The van der Waals surface area contributed by atoms with Crippen LogP contribution in [-0.2, 0) is 45.7 Å². The van der Waals surface area contributed by atoms with Gasteiger partial charge in [0.25, 0.3) is 0 Å². The lowest BCUT2D eigenvalue weighted by Gasteiger charge is -2.50. The molecule has 0 bridgehead atoms. The van der Waals surface area contributed by atoms with E-state index in [1.165, 1.54) is 34.0 Å². The van der Waals surface area contributed by atoms with E-state index in [1.54, 1.807) is 46.6 Å². The zero-order valence-corrected chi connectivity index (χ0v) is 30.4. The van der Waals surface area contributed by atoms with Crippen molar-refractivity contribution < 1.29 is 42.9 Å². The number of amides is 2. The number of ether oxygens (including phenoxy) is 4. The van der Waals surface area contributed by atoms with Crippen molar-refractivity contribution in [2.24, 2.45) is 5.92 Å². The van der Waals surface area contributed by atoms with Crippen LogP contribution >= 0.6 is 23.5 Å². The summed E-state index contributed by atoms with van der Waals surface area (Å²) in [6.45, 7) is 6.34. The van der Waals surface area contributed by atoms with Gasteiger partial charge in [0.1, 0.15) is 36.9 Å². The lowest BCUT2D eigenvalue weighted by atomic mass is 9.90. The Morgan fingerprint density at radius 1 is 1.02 bits per heavy atom. The molecule has 0 spiro atoms. The number of hydrogen-bond acceptors (Lipinski definition) is 11. The van der Waals surface area contributed by atoms with Gasteiger partial charge in [-0.05, 0) is 62.2 Å². The number of carbonyl (C=O) groups excluding carboxylic acids is 5. The third kappa shape index (κ3) is 7.36. The third-order valence-corrected chi connectivity index (χ3v) is 10.8. The fourth-order valence-electron chi connectivity index (χ4n) is 6.01. The number of H-pyrrole nitrogens is 1. The van der Waals surface area contributed by atoms with Crippen LogP contribution in [0, 0.1) is 5.92 Å². The van der Waals surface area contributed by atoms with Gasteiger partial charge in [-0.1, -0.05) is 6.07 Å². The van der Waals surface area contributed by atoms with Crippen LogP contribution in [0.2, 0.25) is 0 Å². The summed E-state index contributed by atoms with van der Waals surface area (Å²) in [5, 5.41) is 0.668. The number of Topliss-reactive ketones (excluding diaryl/α,β-unsaturated/α-hetero) is 1. The number of benzene rings is 2. The van der Waals surface area contributed by atoms with Gasteiger partial charge in [0.05, 0.1) is 17.0 Å². The van der Waals surface area contributed by atoms with Crippen molar-refractivity contribution in [1.82, 2.24) is 14.8 Å². The van der Waals surface area contributed by atoms with E-state index < -0.39 is 34.9 Å². The summed E-state index contributed by atoms with van der Waals surface area (Å²) in [5.41, 5.74) is 4.91. The quantitative estimate of drug-likeness (QED) is 0.157. The molecule has 6 rings (SSSR count). The molecular weight excluding hydrogens is 683 g/mol. The Morgan fingerprint density at radius 2 is 1.80 bits per heavy atom. The molecule has 1 aromatic heterocycles. The van der Waals surface area contributed by atoms with Crippen LogP contribution in [0.3, 0.4) is 0 Å². The van der Waals surface area contributed by atoms with E-state index in [0.29, 0.717) is 17.1 Å². The van der Waals surface area contributed by atoms with Gasteiger partial charge in [-0.25, -0.2) is 9.59 Å². The zero-order valence-electron chi connectivity index (χ0n) is 28.7. The first-order valence-corrected chi connectivity index (χ1v) is 18.2. The van der Waals surface area contributed by atoms with Crippen molar-refractivity contribution >= 4 is 64.1 Å². The van der Waals surface area contributed by atoms with Gasteiger partial charge in [-0.3, -0.25) is 19.3 Å². The Bertz CT molecular complexity index is 1930. The molecule has 3 aliphatic heterocycles. The Balaban J connectivity index is 1.09. The summed E-state index contributed by atoms with van der Waals surface area (Å²) in [6.07, 6.45) is -0.418. The van der Waals surface area contributed by atoms with Crippen molar-refractivity contribution in [3.05, 3.63) is 58.8 Å². The van der Waals surface area contributed by atoms with Gasteiger partial charge >= 0.3 is 18.0 Å². The largest absolute Gasteiger partial charge is 0.486 e. The van der Waals surface area contributed by atoms with E-state index in [-0.39, 0.29) is 43.6 Å². The summed E-state index contributed by atoms with van der Waals surface area (Å²) in [6, 6.07) is 11.7. The number of fused-ring (bicyclic) bond motifs is 6. The number of β-lactam (4-membered cyclic amide) rings is 1. The number of ketones is 1. The van der Waals surface area contributed by atoms with E-state index >= 15 is 0 Å². The number of aromatic amines is 1. The minimum Gasteiger partial charge on any atom is -0.486 e. The molecular formula is C36H39N3O9S2. The highest BCUT2D eigenvalue weighted by Crippen LogP contribution is 2.47. The number of rotatable bonds is 10. The number of nitrogens with zero attached hydrogens (tertiary/aromatic N) is 2. The molecule has 2 atom stereocenters. The Hall–Kier alpha value is -4.43. The first kappa shape index (κ1) is 35.4. The van der Waals surface area contributed by atoms with Gasteiger partial charge in [-0.15, -0.1) is 23.5 Å². The molecule has 2 unspecified atom stereocenters. The smallest absolute Gasteiger partial charge is 0.409 e. The van der Waals surface area contributed by atoms with Crippen molar-refractivity contribution in [2.75, 3.05) is 33.1 Å². The van der Waals surface area contributed by atoms with Crippen LogP contribution in [0.25, 0.3) is 22.2 Å². The highest BCUT2D eigenvalue weighted by atomic mass is 32.2. The predicted octanol–water partition coefficient (Wildman–Crippen LogP) is 5.67. The van der Waals surface area contributed by atoms with Crippen LogP contribution in [-0.4, -0.2) is 88.5 Å². The number of carbonyl (C=O) groups is 5. The molecule has 264 valence electrons. The lowest BCUT2D eigenvalue weighted by molar-refractivity contribution is -0.161. The fourth-order valence-corrected chi connectivity index (χ4v) is 8.53. The normalized spacial score (nSPS) is 18.0. The number of nitrogens with one attached hydrogen (secondary N) is 1. The van der Waals surface area contributed by atoms with Crippen LogP contribution in [0.5, 0.6) is 5.75 Å². The second-order valence-electron chi connectivity index (χ2n) is 13.5. The maximum Gasteiger partial charge on any atom is 0.409 e. The van der Waals surface area contributed by atoms with Crippen LogP contribution in [0.1, 0.15) is 45.2 Å². The van der Waals surface area contributed by atoms with E-state index in [0.717, 1.165) is 38.4 Å². The summed E-state index contributed by atoms with van der Waals surface area (Å²) in [7, 11) is 3.29. The molecule has 2 amide bonds. The molecule has 14 heteroatoms. The summed E-state index contributed by atoms with van der Waals surface area (Å²) >= 11 is 3.10. The number of aromatic nitrogens is 1. The molecule has 50 heavy (non-hydrogen) atoms. The van der Waals surface area contributed by atoms with Gasteiger partial charge in [0.15, 0.2) is 5.78 Å². The number of esters is 2. The van der Waals surface area contributed by atoms with Crippen molar-refractivity contribution in [3.8, 4) is 17.0 Å². The second kappa shape index (κ2) is 14.1. The van der Waals surface area contributed by atoms with Crippen LogP contribution in [0.4, 0.5) is 4.79 Å². The molecule has 0 aliphatic carbocycles. The van der Waals surface area contributed by atoms with Crippen molar-refractivity contribution in [1.29, 1.82) is 0 Å². The molecule has 3 aliphatic rings. The molecule has 0 radical (unpaired) electrons. The standard InChI is InChI=1S/C36H39N3O9S2/c1-19(40)45-15-21-17-50-33-26(32(42)39(33)31(21)34(43)48-36(2,3)4)12-22(41)16-46-23-8-9-24-29(13-23)49-18-27-25-11-20(14-47-35(44)38(5)6)7-10-28(25)37-30(24)27/h7-11,13,26,33,37H,12,14-18H2,1-6H3. The molecule has 3 aromatic rings. The van der Waals surface area contributed by atoms with Gasteiger partial charge < -0.3 is 28.8 Å². The predicted molar refractivity (Wildman–Crippen MR) is 188 cm³/mol. The Kier molecular flexibility index (Phi) is 9.95. The SMILES string of the molecule is CC(=O)OCC1=C(C(=O)OC(C)(C)C)N2C(=O)C(CC(=O)COc3ccc4c(c3)SCc3c-4[nH]c4ccc(COC(=O)N(C)C)cc34)C2SC1. The highest BCUT2D eigenvalue weighted by Gasteiger charge is 2.54. The zero-order chi connectivity index (χ0) is 35.9. The van der Waals surface area contributed by atoms with Crippen LogP contribution < -0.4 is 4.74 Å². The minimum atomic E-state index is -0.792. The number of hydrogen-bond donors (Lipinski definition) is 1. The maximum atomic E-state index is 13.3. The molecule has 1 fully saturated rings. The molecule has 12 nitrogen and oxygen atoms in total. The Labute approximate surface area is 298 Å². The van der Waals surface area contributed by atoms with Crippen LogP contribution in [0.15, 0.2) is 52.6 Å². The van der Waals surface area contributed by atoms with Gasteiger partial charge in [0, 0.05) is 65.9 Å². The molecule has 0 saturated carbocycles. The first-order valence-electron chi connectivity index (χ1n) is 16.1. The van der Waals surface area contributed by atoms with Gasteiger partial charge in [-0.2, -0.15) is 0 Å². The Morgan fingerprint density at radius 3 is 2.52 bits per heavy atom. The summed E-state index contributed by atoms with van der Waals surface area (Å²) in [5.74, 6) is -0.711. The second-order valence-corrected chi connectivity index (χ2v) is 15.7. The average molecular weight is 722 g/mol. The third-order valence-electron chi connectivity index (χ3n) is 8.34. The maximum absolute atomic E-state index is 13.3. The van der Waals surface area contributed by atoms with E-state index in [2.05, 4.69) is 11.1 Å². The van der Waals surface area contributed by atoms with Crippen molar-refractivity contribution in [3.63, 3.8) is 0 Å². The van der Waals surface area contributed by atoms with E-state index in [9.17, 15) is 24.0 Å². The summed E-state index contributed by atoms with van der Waals surface area (Å²) in [4.78, 5) is 70.2. The topological polar surface area (TPSA) is 145 Å². The molecule has 1 N–H and O–H groups in total. The van der Waals surface area contributed by atoms with Gasteiger partial charge in [0.2, 0.25) is 5.91 Å². The van der Waals surface area contributed by atoms with E-state index in [4.69, 9.17) is 18.9 Å². The molecule has 1 saturated heterocycles. The molecule has 2 aromatic carbocycles. The lowest BCUT2D eigenvalue weighted by Crippen LogP contribution is -2.62.